The number of rotatable bonds is 3. The van der Waals surface area contributed by atoms with Crippen LogP contribution in [0, 0.1) is 5.92 Å². The molecule has 2 aromatic rings. The number of benzene rings is 2. The van der Waals surface area contributed by atoms with Crippen LogP contribution in [0.25, 0.3) is 0 Å². The van der Waals surface area contributed by atoms with Crippen molar-refractivity contribution in [3.63, 3.8) is 0 Å². The van der Waals surface area contributed by atoms with Gasteiger partial charge in [-0.05, 0) is 53.9 Å². The Labute approximate surface area is 134 Å². The van der Waals surface area contributed by atoms with Gasteiger partial charge in [0.05, 0.1) is 6.61 Å². The van der Waals surface area contributed by atoms with Gasteiger partial charge < -0.3 is 4.74 Å². The number of halogens is 1. The predicted octanol–water partition coefficient (Wildman–Crippen LogP) is 5.25. The molecule has 0 spiro atoms. The lowest BCUT2D eigenvalue weighted by atomic mass is 9.99. The molecule has 0 N–H and O–H groups in total. The van der Waals surface area contributed by atoms with Crippen molar-refractivity contribution in [2.75, 3.05) is 6.61 Å². The van der Waals surface area contributed by atoms with E-state index in [-0.39, 0.29) is 0 Å². The highest BCUT2D eigenvalue weighted by atomic mass is 79.9. The van der Waals surface area contributed by atoms with Crippen LogP contribution in [0.2, 0.25) is 0 Å². The van der Waals surface area contributed by atoms with Gasteiger partial charge in [-0.3, -0.25) is 0 Å². The normalized spacial score (nSPS) is 24.8. The fourth-order valence-electron chi connectivity index (χ4n) is 3.42. The van der Waals surface area contributed by atoms with Crippen molar-refractivity contribution >= 4 is 15.9 Å². The monoisotopic (exact) mass is 342 g/mol. The summed E-state index contributed by atoms with van der Waals surface area (Å²) in [7, 11) is 0. The van der Waals surface area contributed by atoms with Crippen LogP contribution in [-0.2, 0) is 6.42 Å². The molecular weight excluding hydrogens is 324 g/mol. The zero-order valence-electron chi connectivity index (χ0n) is 12.0. The summed E-state index contributed by atoms with van der Waals surface area (Å²) in [5, 5.41) is 0. The Balaban J connectivity index is 1.52. The molecule has 1 nitrogen and oxygen atoms in total. The maximum Gasteiger partial charge on any atom is 0.122 e. The van der Waals surface area contributed by atoms with E-state index in [1.165, 1.54) is 23.1 Å². The van der Waals surface area contributed by atoms with Crippen LogP contribution in [0.1, 0.15) is 40.3 Å². The molecule has 4 rings (SSSR count). The highest BCUT2D eigenvalue weighted by Crippen LogP contribution is 2.57. The molecule has 1 saturated carbocycles. The van der Waals surface area contributed by atoms with Gasteiger partial charge in [0.1, 0.15) is 5.75 Å². The molecule has 2 aliphatic rings. The Morgan fingerprint density at radius 1 is 1.10 bits per heavy atom. The van der Waals surface area contributed by atoms with Crippen LogP contribution < -0.4 is 4.74 Å². The Morgan fingerprint density at radius 3 is 2.81 bits per heavy atom. The van der Waals surface area contributed by atoms with Crippen molar-refractivity contribution in [1.82, 2.24) is 0 Å². The molecule has 1 aliphatic heterocycles. The predicted molar refractivity (Wildman–Crippen MR) is 89.2 cm³/mol. The van der Waals surface area contributed by atoms with Gasteiger partial charge in [-0.2, -0.15) is 0 Å². The maximum atomic E-state index is 5.71. The van der Waals surface area contributed by atoms with Crippen molar-refractivity contribution in [2.24, 2.45) is 5.92 Å². The lowest BCUT2D eigenvalue weighted by Gasteiger charge is -2.19. The maximum absolute atomic E-state index is 5.71. The molecule has 0 amide bonds. The molecule has 21 heavy (non-hydrogen) atoms. The lowest BCUT2D eigenvalue weighted by Crippen LogP contribution is -2.09. The summed E-state index contributed by atoms with van der Waals surface area (Å²) in [6.07, 6.45) is 3.57. The van der Waals surface area contributed by atoms with E-state index in [1.54, 1.807) is 0 Å². The highest BCUT2D eigenvalue weighted by molar-refractivity contribution is 9.09. The number of aryl methyl sites for hydroxylation is 1. The molecule has 2 heteroatoms. The van der Waals surface area contributed by atoms with Gasteiger partial charge in [0.2, 0.25) is 0 Å². The van der Waals surface area contributed by atoms with Crippen molar-refractivity contribution < 1.29 is 4.74 Å². The van der Waals surface area contributed by atoms with E-state index in [2.05, 4.69) is 64.5 Å². The smallest absolute Gasteiger partial charge is 0.122 e. The van der Waals surface area contributed by atoms with E-state index in [9.17, 15) is 0 Å². The molecular formula is C19H19BrO. The first kappa shape index (κ1) is 13.4. The average Bonchev–Trinajstić information content (AvgIpc) is 3.35. The minimum absolute atomic E-state index is 0.454. The van der Waals surface area contributed by atoms with Gasteiger partial charge in [0.15, 0.2) is 0 Å². The second kappa shape index (κ2) is 5.49. The zero-order chi connectivity index (χ0) is 14.2. The first-order valence-corrected chi connectivity index (χ1v) is 8.69. The van der Waals surface area contributed by atoms with Gasteiger partial charge in [0.25, 0.3) is 0 Å². The van der Waals surface area contributed by atoms with Gasteiger partial charge >= 0.3 is 0 Å². The second-order valence-corrected chi connectivity index (χ2v) is 7.12. The minimum atomic E-state index is 0.454. The quantitative estimate of drug-likeness (QED) is 0.692. The third-order valence-corrected chi connectivity index (χ3v) is 5.90. The van der Waals surface area contributed by atoms with Crippen LogP contribution in [0.3, 0.4) is 0 Å². The Kier molecular flexibility index (Phi) is 3.50. The number of alkyl halides is 1. The number of fused-ring (bicyclic) bond motifs is 1. The van der Waals surface area contributed by atoms with E-state index < -0.39 is 0 Å². The van der Waals surface area contributed by atoms with Crippen LogP contribution >= 0.6 is 15.9 Å². The zero-order valence-corrected chi connectivity index (χ0v) is 13.6. The Bertz CT molecular complexity index is 637. The topological polar surface area (TPSA) is 9.23 Å². The second-order valence-electron chi connectivity index (χ2n) is 6.14. The van der Waals surface area contributed by atoms with Crippen molar-refractivity contribution in [2.45, 2.75) is 30.0 Å². The number of hydrogen-bond donors (Lipinski definition) is 0. The largest absolute Gasteiger partial charge is 0.493 e. The fourth-order valence-corrected chi connectivity index (χ4v) is 4.29. The van der Waals surface area contributed by atoms with Crippen LogP contribution in [0.5, 0.6) is 5.75 Å². The molecule has 108 valence electrons. The van der Waals surface area contributed by atoms with E-state index in [4.69, 9.17) is 4.74 Å². The standard InChI is InChI=1S/C19H19BrO/c20-19(17-12-16(17)13-5-2-1-3-6-13)15-8-9-18-14(11-15)7-4-10-21-18/h1-3,5-6,8-9,11,16-17,19H,4,7,10,12H2. The Morgan fingerprint density at radius 2 is 1.95 bits per heavy atom. The minimum Gasteiger partial charge on any atom is -0.493 e. The molecule has 1 fully saturated rings. The van der Waals surface area contributed by atoms with Crippen LogP contribution in [-0.4, -0.2) is 6.61 Å². The molecule has 3 unspecified atom stereocenters. The highest BCUT2D eigenvalue weighted by Gasteiger charge is 2.43. The van der Waals surface area contributed by atoms with Crippen LogP contribution in [0.15, 0.2) is 48.5 Å². The summed E-state index contributed by atoms with van der Waals surface area (Å²) < 4.78 is 5.71. The molecule has 0 saturated heterocycles. The summed E-state index contributed by atoms with van der Waals surface area (Å²) in [6.45, 7) is 0.864. The average molecular weight is 343 g/mol. The van der Waals surface area contributed by atoms with Crippen molar-refractivity contribution in [3.05, 3.63) is 65.2 Å². The third-order valence-electron chi connectivity index (χ3n) is 4.69. The lowest BCUT2D eigenvalue weighted by molar-refractivity contribution is 0.288. The molecule has 3 atom stereocenters. The number of ether oxygens (including phenoxy) is 1. The molecule has 1 aliphatic carbocycles. The summed E-state index contributed by atoms with van der Waals surface area (Å²) in [5.74, 6) is 2.51. The summed E-state index contributed by atoms with van der Waals surface area (Å²) in [6, 6.07) is 17.6. The van der Waals surface area contributed by atoms with E-state index in [0.29, 0.717) is 10.7 Å². The molecule has 0 bridgehead atoms. The SMILES string of the molecule is BrC(c1ccc2c(c1)CCCO2)C1CC1c1ccccc1. The Hall–Kier alpha value is -1.28. The van der Waals surface area contributed by atoms with E-state index in [1.807, 2.05) is 0 Å². The van der Waals surface area contributed by atoms with Gasteiger partial charge in [-0.25, -0.2) is 0 Å². The molecule has 2 aromatic carbocycles. The summed E-state index contributed by atoms with van der Waals surface area (Å²) in [4.78, 5) is 0.454. The van der Waals surface area contributed by atoms with Gasteiger partial charge in [-0.1, -0.05) is 58.4 Å². The van der Waals surface area contributed by atoms with E-state index in [0.717, 1.165) is 31.1 Å². The van der Waals surface area contributed by atoms with Crippen molar-refractivity contribution in [3.8, 4) is 5.75 Å². The summed E-state index contributed by atoms with van der Waals surface area (Å²) in [5.41, 5.74) is 4.26. The van der Waals surface area contributed by atoms with Gasteiger partial charge in [-0.15, -0.1) is 0 Å². The molecule has 0 radical (unpaired) electrons. The number of hydrogen-bond acceptors (Lipinski definition) is 1. The first-order chi connectivity index (χ1) is 10.3. The molecule has 1 heterocycles. The molecule has 0 aromatic heterocycles. The fraction of sp³-hybridized carbons (Fsp3) is 0.368. The van der Waals surface area contributed by atoms with Gasteiger partial charge in [0, 0.05) is 4.83 Å². The third kappa shape index (κ3) is 2.62. The van der Waals surface area contributed by atoms with E-state index >= 15 is 0 Å². The van der Waals surface area contributed by atoms with Crippen LogP contribution in [0.4, 0.5) is 0 Å². The first-order valence-electron chi connectivity index (χ1n) is 7.77. The van der Waals surface area contributed by atoms with Crippen molar-refractivity contribution in [1.29, 1.82) is 0 Å². The summed E-state index contributed by atoms with van der Waals surface area (Å²) >= 11 is 3.94.